The van der Waals surface area contributed by atoms with E-state index in [-0.39, 0.29) is 23.6 Å². The predicted molar refractivity (Wildman–Crippen MR) is 88.0 cm³/mol. The van der Waals surface area contributed by atoms with E-state index in [9.17, 15) is 13.2 Å². The Morgan fingerprint density at radius 3 is 2.62 bits per heavy atom. The van der Waals surface area contributed by atoms with Crippen molar-refractivity contribution in [2.45, 2.75) is 17.9 Å². The van der Waals surface area contributed by atoms with Gasteiger partial charge in [0.05, 0.1) is 10.9 Å². The highest BCUT2D eigenvalue weighted by Crippen LogP contribution is 2.34. The van der Waals surface area contributed by atoms with Crippen LogP contribution in [0.5, 0.6) is 11.5 Å². The zero-order chi connectivity index (χ0) is 17.3. The fourth-order valence-electron chi connectivity index (χ4n) is 2.41. The van der Waals surface area contributed by atoms with Gasteiger partial charge in [-0.05, 0) is 42.8 Å². The Morgan fingerprint density at radius 2 is 1.88 bits per heavy atom. The van der Waals surface area contributed by atoms with Crippen LogP contribution in [0, 0.1) is 0 Å². The molecule has 2 aromatic rings. The second kappa shape index (κ2) is 6.16. The molecule has 7 heteroatoms. The summed E-state index contributed by atoms with van der Waals surface area (Å²) in [6.07, 6.45) is 1.11. The van der Waals surface area contributed by atoms with Crippen molar-refractivity contribution >= 4 is 15.7 Å². The van der Waals surface area contributed by atoms with Crippen LogP contribution < -0.4 is 14.8 Å². The predicted octanol–water partition coefficient (Wildman–Crippen LogP) is 2.31. The Morgan fingerprint density at radius 1 is 1.12 bits per heavy atom. The average molecular weight is 347 g/mol. The van der Waals surface area contributed by atoms with E-state index >= 15 is 0 Å². The fraction of sp³-hybridized carbons (Fsp3) is 0.235. The monoisotopic (exact) mass is 347 g/mol. The highest BCUT2D eigenvalue weighted by atomic mass is 32.2. The lowest BCUT2D eigenvalue weighted by atomic mass is 10.1. The number of hydrogen-bond donors (Lipinski definition) is 1. The van der Waals surface area contributed by atoms with Crippen LogP contribution in [0.25, 0.3) is 0 Å². The van der Waals surface area contributed by atoms with Crippen molar-refractivity contribution in [2.75, 3.05) is 13.0 Å². The molecule has 0 saturated carbocycles. The number of hydrogen-bond acceptors (Lipinski definition) is 5. The van der Waals surface area contributed by atoms with Crippen LogP contribution >= 0.6 is 0 Å². The Hall–Kier alpha value is -2.54. The van der Waals surface area contributed by atoms with Gasteiger partial charge in [-0.15, -0.1) is 0 Å². The van der Waals surface area contributed by atoms with Crippen molar-refractivity contribution in [1.29, 1.82) is 0 Å². The zero-order valence-electron chi connectivity index (χ0n) is 13.3. The van der Waals surface area contributed by atoms with E-state index in [0.29, 0.717) is 17.1 Å². The summed E-state index contributed by atoms with van der Waals surface area (Å²) in [5.74, 6) is 0.983. The van der Waals surface area contributed by atoms with Crippen LogP contribution in [0.4, 0.5) is 0 Å². The van der Waals surface area contributed by atoms with Gasteiger partial charge in [0, 0.05) is 11.8 Å². The van der Waals surface area contributed by atoms with Gasteiger partial charge in [-0.1, -0.05) is 12.1 Å². The Balaban J connectivity index is 1.77. The van der Waals surface area contributed by atoms with Crippen LogP contribution in [0.15, 0.2) is 47.4 Å². The first-order chi connectivity index (χ1) is 11.3. The number of benzene rings is 2. The molecule has 1 N–H and O–H groups in total. The quantitative estimate of drug-likeness (QED) is 0.918. The molecular weight excluding hydrogens is 330 g/mol. The van der Waals surface area contributed by atoms with Gasteiger partial charge in [0.25, 0.3) is 5.91 Å². The van der Waals surface area contributed by atoms with E-state index < -0.39 is 9.84 Å². The molecule has 1 heterocycles. The maximum absolute atomic E-state index is 12.4. The molecule has 1 atom stereocenters. The third-order valence-corrected chi connectivity index (χ3v) is 4.88. The second-order valence-electron chi connectivity index (χ2n) is 5.61. The average Bonchev–Trinajstić information content (AvgIpc) is 3.01. The van der Waals surface area contributed by atoms with Gasteiger partial charge in [-0.2, -0.15) is 0 Å². The Bertz CT molecular complexity index is 892. The summed E-state index contributed by atoms with van der Waals surface area (Å²) in [6.45, 7) is 2.04. The molecule has 0 aliphatic carbocycles. The number of sulfone groups is 1. The van der Waals surface area contributed by atoms with Gasteiger partial charge in [-0.25, -0.2) is 8.42 Å². The number of ether oxygens (including phenoxy) is 2. The molecule has 1 aliphatic heterocycles. The lowest BCUT2D eigenvalue weighted by molar-refractivity contribution is 0.0939. The largest absolute Gasteiger partial charge is 0.454 e. The molecule has 0 aromatic heterocycles. The van der Waals surface area contributed by atoms with Crippen molar-refractivity contribution in [3.05, 3.63) is 53.6 Å². The normalized spacial score (nSPS) is 14.2. The summed E-state index contributed by atoms with van der Waals surface area (Å²) in [6, 6.07) is 11.2. The standard InChI is InChI=1S/C17H17NO5S/c1-11(12-6-7-15-16(9-12)23-10-22-15)18-17(19)13-4-3-5-14(8-13)24(2,20)21/h3-9,11H,10H2,1-2H3,(H,18,19)/t11-/m0/s1. The Labute approximate surface area is 140 Å². The van der Waals surface area contributed by atoms with E-state index in [2.05, 4.69) is 5.32 Å². The highest BCUT2D eigenvalue weighted by molar-refractivity contribution is 7.90. The van der Waals surface area contributed by atoms with Gasteiger partial charge in [0.2, 0.25) is 6.79 Å². The maximum atomic E-state index is 12.4. The molecule has 6 nitrogen and oxygen atoms in total. The molecule has 2 aromatic carbocycles. The second-order valence-corrected chi connectivity index (χ2v) is 7.62. The first kappa shape index (κ1) is 16.3. The van der Waals surface area contributed by atoms with Crippen molar-refractivity contribution in [1.82, 2.24) is 5.32 Å². The number of amides is 1. The molecule has 0 radical (unpaired) electrons. The molecule has 1 aliphatic rings. The highest BCUT2D eigenvalue weighted by Gasteiger charge is 2.18. The van der Waals surface area contributed by atoms with Crippen LogP contribution in [0.2, 0.25) is 0 Å². The van der Waals surface area contributed by atoms with Gasteiger partial charge in [-0.3, -0.25) is 4.79 Å². The first-order valence-corrected chi connectivity index (χ1v) is 9.24. The number of rotatable bonds is 4. The minimum Gasteiger partial charge on any atom is -0.454 e. The van der Waals surface area contributed by atoms with Crippen molar-refractivity contribution in [2.24, 2.45) is 0 Å². The summed E-state index contributed by atoms with van der Waals surface area (Å²) in [7, 11) is -3.36. The fourth-order valence-corrected chi connectivity index (χ4v) is 3.08. The number of carbonyl (C=O) groups excluding carboxylic acids is 1. The number of carbonyl (C=O) groups is 1. The number of nitrogens with one attached hydrogen (secondary N) is 1. The van der Waals surface area contributed by atoms with Gasteiger partial charge in [0.15, 0.2) is 21.3 Å². The summed E-state index contributed by atoms with van der Waals surface area (Å²) in [4.78, 5) is 12.5. The third kappa shape index (κ3) is 3.35. The van der Waals surface area contributed by atoms with Crippen molar-refractivity contribution in [3.63, 3.8) is 0 Å². The molecule has 0 spiro atoms. The lowest BCUT2D eigenvalue weighted by Crippen LogP contribution is -2.26. The van der Waals surface area contributed by atoms with Crippen molar-refractivity contribution < 1.29 is 22.7 Å². The SMILES string of the molecule is C[C@H](NC(=O)c1cccc(S(C)(=O)=O)c1)c1ccc2c(c1)OCO2. The van der Waals surface area contributed by atoms with Gasteiger partial charge < -0.3 is 14.8 Å². The van der Waals surface area contributed by atoms with Crippen molar-refractivity contribution in [3.8, 4) is 11.5 Å². The van der Waals surface area contributed by atoms with Crippen LogP contribution in [0.3, 0.4) is 0 Å². The van der Waals surface area contributed by atoms with E-state index in [4.69, 9.17) is 9.47 Å². The molecule has 1 amide bonds. The summed E-state index contributed by atoms with van der Waals surface area (Å²) < 4.78 is 33.8. The topological polar surface area (TPSA) is 81.7 Å². The first-order valence-electron chi connectivity index (χ1n) is 7.35. The van der Waals surface area contributed by atoms with E-state index in [1.54, 1.807) is 18.2 Å². The summed E-state index contributed by atoms with van der Waals surface area (Å²) in [5, 5.41) is 2.85. The van der Waals surface area contributed by atoms with E-state index in [1.807, 2.05) is 19.1 Å². The molecule has 0 bridgehead atoms. The van der Waals surface area contributed by atoms with Crippen LogP contribution in [0.1, 0.15) is 28.9 Å². The maximum Gasteiger partial charge on any atom is 0.251 e. The zero-order valence-corrected chi connectivity index (χ0v) is 14.1. The van der Waals surface area contributed by atoms with Crippen LogP contribution in [-0.2, 0) is 9.84 Å². The molecule has 0 fully saturated rings. The van der Waals surface area contributed by atoms with Gasteiger partial charge in [0.1, 0.15) is 0 Å². The molecule has 126 valence electrons. The van der Waals surface area contributed by atoms with Crippen LogP contribution in [-0.4, -0.2) is 27.4 Å². The minimum absolute atomic E-state index is 0.117. The Kier molecular flexibility index (Phi) is 4.19. The molecular formula is C17H17NO5S. The van der Waals surface area contributed by atoms with Gasteiger partial charge >= 0.3 is 0 Å². The van der Waals surface area contributed by atoms with E-state index in [1.165, 1.54) is 12.1 Å². The third-order valence-electron chi connectivity index (χ3n) is 3.77. The smallest absolute Gasteiger partial charge is 0.251 e. The molecule has 3 rings (SSSR count). The number of fused-ring (bicyclic) bond motifs is 1. The molecule has 0 saturated heterocycles. The lowest BCUT2D eigenvalue weighted by Gasteiger charge is -2.15. The minimum atomic E-state index is -3.36. The summed E-state index contributed by atoms with van der Waals surface area (Å²) >= 11 is 0. The molecule has 24 heavy (non-hydrogen) atoms. The molecule has 0 unspecified atom stereocenters. The summed E-state index contributed by atoms with van der Waals surface area (Å²) in [5.41, 5.74) is 1.16. The van der Waals surface area contributed by atoms with E-state index in [0.717, 1.165) is 11.8 Å².